The second-order valence-corrected chi connectivity index (χ2v) is 5.37. The molecule has 0 aliphatic rings. The zero-order valence-corrected chi connectivity index (χ0v) is 13.5. The van der Waals surface area contributed by atoms with Crippen LogP contribution in [0.25, 0.3) is 0 Å². The Morgan fingerprint density at radius 3 is 2.60 bits per heavy atom. The maximum absolute atomic E-state index is 11.8. The Balaban J connectivity index is 2.27. The molecule has 0 fully saturated rings. The number of likely N-dealkylation sites (N-methyl/N-ethyl adjacent to an activating group) is 1. The van der Waals surface area contributed by atoms with Crippen LogP contribution in [0.1, 0.15) is 31.4 Å². The standard InChI is InChI=1S/C16H25ClN2O/c1-4-19(5-2)11-10-18-16(20)9-8-14-7-6-13(3)15(17)12-14/h6-7,12H,4-5,8-11H2,1-3H3,(H,18,20). The van der Waals surface area contributed by atoms with Gasteiger partial charge in [0.2, 0.25) is 5.91 Å². The fourth-order valence-corrected chi connectivity index (χ4v) is 2.23. The Bertz CT molecular complexity index is 430. The molecule has 0 aliphatic carbocycles. The minimum Gasteiger partial charge on any atom is -0.355 e. The van der Waals surface area contributed by atoms with Crippen LogP contribution in [0.5, 0.6) is 0 Å². The molecular weight excluding hydrogens is 272 g/mol. The Kier molecular flexibility index (Phi) is 7.63. The van der Waals surface area contributed by atoms with Crippen molar-refractivity contribution >= 4 is 17.5 Å². The maximum atomic E-state index is 11.8. The number of halogens is 1. The summed E-state index contributed by atoms with van der Waals surface area (Å²) >= 11 is 6.07. The second kappa shape index (κ2) is 8.98. The van der Waals surface area contributed by atoms with E-state index in [0.29, 0.717) is 6.42 Å². The van der Waals surface area contributed by atoms with Crippen molar-refractivity contribution in [2.24, 2.45) is 0 Å². The summed E-state index contributed by atoms with van der Waals surface area (Å²) in [6, 6.07) is 5.97. The maximum Gasteiger partial charge on any atom is 0.220 e. The predicted octanol–water partition coefficient (Wildman–Crippen LogP) is 3.04. The van der Waals surface area contributed by atoms with Crippen LogP contribution in [-0.2, 0) is 11.2 Å². The predicted molar refractivity (Wildman–Crippen MR) is 85.3 cm³/mol. The lowest BCUT2D eigenvalue weighted by atomic mass is 10.1. The number of carbonyl (C=O) groups is 1. The normalized spacial score (nSPS) is 10.8. The van der Waals surface area contributed by atoms with E-state index in [-0.39, 0.29) is 5.91 Å². The van der Waals surface area contributed by atoms with Crippen LogP contribution in [0.2, 0.25) is 5.02 Å². The average Bonchev–Trinajstić information content (AvgIpc) is 2.45. The van der Waals surface area contributed by atoms with Gasteiger partial charge in [-0.2, -0.15) is 0 Å². The van der Waals surface area contributed by atoms with Gasteiger partial charge in [0.05, 0.1) is 0 Å². The molecule has 3 nitrogen and oxygen atoms in total. The molecule has 0 atom stereocenters. The minimum atomic E-state index is 0.105. The van der Waals surface area contributed by atoms with Crippen LogP contribution in [0.4, 0.5) is 0 Å². The van der Waals surface area contributed by atoms with Crippen molar-refractivity contribution in [1.82, 2.24) is 10.2 Å². The van der Waals surface area contributed by atoms with Gasteiger partial charge in [-0.3, -0.25) is 4.79 Å². The molecule has 1 N–H and O–H groups in total. The third kappa shape index (κ3) is 5.93. The first kappa shape index (κ1) is 17.0. The van der Waals surface area contributed by atoms with Crippen molar-refractivity contribution in [3.63, 3.8) is 0 Å². The van der Waals surface area contributed by atoms with Gasteiger partial charge in [-0.05, 0) is 43.6 Å². The Morgan fingerprint density at radius 1 is 1.30 bits per heavy atom. The van der Waals surface area contributed by atoms with Crippen molar-refractivity contribution in [3.8, 4) is 0 Å². The quantitative estimate of drug-likeness (QED) is 0.800. The number of nitrogens with one attached hydrogen (secondary N) is 1. The summed E-state index contributed by atoms with van der Waals surface area (Å²) < 4.78 is 0. The van der Waals surface area contributed by atoms with Crippen molar-refractivity contribution in [1.29, 1.82) is 0 Å². The van der Waals surface area contributed by atoms with Crippen LogP contribution in [0.15, 0.2) is 18.2 Å². The van der Waals surface area contributed by atoms with Crippen LogP contribution in [0, 0.1) is 6.92 Å². The molecule has 0 aliphatic heterocycles. The van der Waals surface area contributed by atoms with Gasteiger partial charge >= 0.3 is 0 Å². The third-order valence-electron chi connectivity index (χ3n) is 3.52. The highest BCUT2D eigenvalue weighted by molar-refractivity contribution is 6.31. The van der Waals surface area contributed by atoms with E-state index in [1.807, 2.05) is 25.1 Å². The number of aryl methyl sites for hydroxylation is 2. The molecule has 1 rings (SSSR count). The summed E-state index contributed by atoms with van der Waals surface area (Å²) in [6.07, 6.45) is 1.24. The van der Waals surface area contributed by atoms with E-state index in [9.17, 15) is 4.79 Å². The largest absolute Gasteiger partial charge is 0.355 e. The van der Waals surface area contributed by atoms with Gasteiger partial charge in [-0.15, -0.1) is 0 Å². The smallest absolute Gasteiger partial charge is 0.220 e. The summed E-state index contributed by atoms with van der Waals surface area (Å²) in [7, 11) is 0. The average molecular weight is 297 g/mol. The van der Waals surface area contributed by atoms with Gasteiger partial charge in [0, 0.05) is 24.5 Å². The lowest BCUT2D eigenvalue weighted by molar-refractivity contribution is -0.121. The molecule has 1 amide bonds. The van der Waals surface area contributed by atoms with E-state index in [2.05, 4.69) is 24.1 Å². The van der Waals surface area contributed by atoms with E-state index in [1.54, 1.807) is 0 Å². The number of amides is 1. The molecule has 0 spiro atoms. The molecule has 0 bridgehead atoms. The third-order valence-corrected chi connectivity index (χ3v) is 3.93. The highest BCUT2D eigenvalue weighted by Gasteiger charge is 2.04. The molecule has 0 heterocycles. The summed E-state index contributed by atoms with van der Waals surface area (Å²) in [5.41, 5.74) is 2.18. The zero-order chi connectivity index (χ0) is 15.0. The number of carbonyl (C=O) groups excluding carboxylic acids is 1. The van der Waals surface area contributed by atoms with E-state index in [1.165, 1.54) is 0 Å². The second-order valence-electron chi connectivity index (χ2n) is 4.96. The molecule has 112 valence electrons. The lowest BCUT2D eigenvalue weighted by Crippen LogP contribution is -2.34. The van der Waals surface area contributed by atoms with E-state index in [0.717, 1.165) is 48.7 Å². The fraction of sp³-hybridized carbons (Fsp3) is 0.562. The van der Waals surface area contributed by atoms with Crippen LogP contribution in [0.3, 0.4) is 0 Å². The number of rotatable bonds is 8. The summed E-state index contributed by atoms with van der Waals surface area (Å²) in [4.78, 5) is 14.1. The van der Waals surface area contributed by atoms with E-state index < -0.39 is 0 Å². The Hall–Kier alpha value is -1.06. The van der Waals surface area contributed by atoms with Crippen LogP contribution < -0.4 is 5.32 Å². The molecule has 0 aromatic heterocycles. The molecule has 20 heavy (non-hydrogen) atoms. The molecule has 0 unspecified atom stereocenters. The van der Waals surface area contributed by atoms with Gasteiger partial charge < -0.3 is 10.2 Å². The molecule has 1 aromatic carbocycles. The van der Waals surface area contributed by atoms with Crippen LogP contribution >= 0.6 is 11.6 Å². The number of benzene rings is 1. The first-order chi connectivity index (χ1) is 9.56. The highest BCUT2D eigenvalue weighted by atomic mass is 35.5. The van der Waals surface area contributed by atoms with Gasteiger partial charge in [-0.25, -0.2) is 0 Å². The minimum absolute atomic E-state index is 0.105. The first-order valence-electron chi connectivity index (χ1n) is 7.30. The number of nitrogens with zero attached hydrogens (tertiary/aromatic N) is 1. The highest BCUT2D eigenvalue weighted by Crippen LogP contribution is 2.17. The van der Waals surface area contributed by atoms with Gasteiger partial charge in [0.1, 0.15) is 0 Å². The molecule has 0 radical (unpaired) electrons. The van der Waals surface area contributed by atoms with Crippen molar-refractivity contribution in [3.05, 3.63) is 34.3 Å². The Labute approximate surface area is 127 Å². The van der Waals surface area contributed by atoms with E-state index >= 15 is 0 Å². The molecule has 0 saturated carbocycles. The molecular formula is C16H25ClN2O. The van der Waals surface area contributed by atoms with E-state index in [4.69, 9.17) is 11.6 Å². The fourth-order valence-electron chi connectivity index (χ4n) is 2.03. The van der Waals surface area contributed by atoms with Crippen molar-refractivity contribution < 1.29 is 4.79 Å². The molecule has 1 aromatic rings. The molecule has 0 saturated heterocycles. The monoisotopic (exact) mass is 296 g/mol. The first-order valence-corrected chi connectivity index (χ1v) is 7.68. The van der Waals surface area contributed by atoms with Gasteiger partial charge in [-0.1, -0.05) is 37.6 Å². The number of hydrogen-bond acceptors (Lipinski definition) is 2. The van der Waals surface area contributed by atoms with Crippen LogP contribution in [-0.4, -0.2) is 37.0 Å². The van der Waals surface area contributed by atoms with Gasteiger partial charge in [0.15, 0.2) is 0 Å². The summed E-state index contributed by atoms with van der Waals surface area (Å²) in [5.74, 6) is 0.105. The Morgan fingerprint density at radius 2 is 2.00 bits per heavy atom. The van der Waals surface area contributed by atoms with Crippen molar-refractivity contribution in [2.75, 3.05) is 26.2 Å². The summed E-state index contributed by atoms with van der Waals surface area (Å²) in [5, 5.41) is 3.73. The number of hydrogen-bond donors (Lipinski definition) is 1. The zero-order valence-electron chi connectivity index (χ0n) is 12.7. The topological polar surface area (TPSA) is 32.3 Å². The van der Waals surface area contributed by atoms with Gasteiger partial charge in [0.25, 0.3) is 0 Å². The summed E-state index contributed by atoms with van der Waals surface area (Å²) in [6.45, 7) is 9.91. The lowest BCUT2D eigenvalue weighted by Gasteiger charge is -2.17. The van der Waals surface area contributed by atoms with Crippen molar-refractivity contribution in [2.45, 2.75) is 33.6 Å². The molecule has 4 heteroatoms. The SMILES string of the molecule is CCN(CC)CCNC(=O)CCc1ccc(C)c(Cl)c1.